The highest BCUT2D eigenvalue weighted by molar-refractivity contribution is 7.92. The lowest BCUT2D eigenvalue weighted by atomic mass is 10.1. The van der Waals surface area contributed by atoms with Gasteiger partial charge in [0.05, 0.1) is 20.6 Å². The Labute approximate surface area is 253 Å². The fourth-order valence-corrected chi connectivity index (χ4v) is 6.23. The van der Waals surface area contributed by atoms with Crippen molar-refractivity contribution in [2.45, 2.75) is 71.0 Å². The molecule has 0 heterocycles. The van der Waals surface area contributed by atoms with Gasteiger partial charge in [0.2, 0.25) is 11.8 Å². The van der Waals surface area contributed by atoms with E-state index in [4.69, 9.17) is 23.2 Å². The van der Waals surface area contributed by atoms with Crippen molar-refractivity contribution in [2.24, 2.45) is 0 Å². The van der Waals surface area contributed by atoms with Crippen molar-refractivity contribution in [3.63, 3.8) is 0 Å². The molecule has 0 aliphatic heterocycles. The average molecular weight is 619 g/mol. The number of sulfonamides is 1. The van der Waals surface area contributed by atoms with Gasteiger partial charge < -0.3 is 10.2 Å². The minimum atomic E-state index is -4.14. The van der Waals surface area contributed by atoms with E-state index in [1.807, 2.05) is 39.8 Å². The van der Waals surface area contributed by atoms with E-state index in [1.54, 1.807) is 49.4 Å². The quantitative estimate of drug-likeness (QED) is 0.250. The van der Waals surface area contributed by atoms with E-state index in [2.05, 4.69) is 5.32 Å². The molecule has 0 saturated heterocycles. The molecule has 3 aromatic carbocycles. The molecule has 0 spiro atoms. The van der Waals surface area contributed by atoms with E-state index in [0.29, 0.717) is 33.3 Å². The number of amides is 2. The van der Waals surface area contributed by atoms with Gasteiger partial charge in [-0.25, -0.2) is 8.42 Å². The zero-order chi connectivity index (χ0) is 30.3. The number of nitrogens with zero attached hydrogens (tertiary/aromatic N) is 2. The van der Waals surface area contributed by atoms with Crippen molar-refractivity contribution in [1.82, 2.24) is 10.2 Å². The fourth-order valence-electron chi connectivity index (χ4n) is 4.42. The molecule has 3 aromatic rings. The highest BCUT2D eigenvalue weighted by Crippen LogP contribution is 2.29. The molecule has 0 radical (unpaired) electrons. The second-order valence-corrected chi connectivity index (χ2v) is 12.8. The van der Waals surface area contributed by atoms with Crippen molar-refractivity contribution in [3.05, 3.63) is 93.5 Å². The van der Waals surface area contributed by atoms with Crippen LogP contribution in [0.4, 0.5) is 5.69 Å². The Bertz CT molecular complexity index is 1480. The van der Waals surface area contributed by atoms with Gasteiger partial charge in [0.25, 0.3) is 10.0 Å². The van der Waals surface area contributed by atoms with Crippen LogP contribution in [0, 0.1) is 13.8 Å². The number of rotatable bonds is 12. The van der Waals surface area contributed by atoms with Crippen LogP contribution in [0.3, 0.4) is 0 Å². The van der Waals surface area contributed by atoms with Crippen LogP contribution >= 0.6 is 23.2 Å². The molecule has 0 aliphatic carbocycles. The van der Waals surface area contributed by atoms with Gasteiger partial charge in [0.1, 0.15) is 12.6 Å². The van der Waals surface area contributed by atoms with Crippen LogP contribution in [0.25, 0.3) is 0 Å². The van der Waals surface area contributed by atoms with Crippen LogP contribution in [0.2, 0.25) is 10.0 Å². The van der Waals surface area contributed by atoms with Gasteiger partial charge in [-0.05, 0) is 80.6 Å². The topological polar surface area (TPSA) is 86.8 Å². The van der Waals surface area contributed by atoms with Gasteiger partial charge in [-0.3, -0.25) is 13.9 Å². The third kappa shape index (κ3) is 8.03. The average Bonchev–Trinajstić information content (AvgIpc) is 2.95. The maximum absolute atomic E-state index is 14.2. The first-order valence-corrected chi connectivity index (χ1v) is 15.8. The second-order valence-electron chi connectivity index (χ2n) is 10.1. The summed E-state index contributed by atoms with van der Waals surface area (Å²) in [5, 5.41) is 3.65. The predicted octanol–water partition coefficient (Wildman–Crippen LogP) is 6.53. The lowest BCUT2D eigenvalue weighted by Crippen LogP contribution is -2.53. The molecule has 0 bridgehead atoms. The number of carbonyl (C=O) groups excluding carboxylic acids is 2. The summed E-state index contributed by atoms with van der Waals surface area (Å²) in [6.45, 7) is 8.87. The third-order valence-corrected chi connectivity index (χ3v) is 9.48. The van der Waals surface area contributed by atoms with Crippen LogP contribution in [0.5, 0.6) is 0 Å². The smallest absolute Gasteiger partial charge is 0.264 e. The van der Waals surface area contributed by atoms with Crippen molar-refractivity contribution in [1.29, 1.82) is 0 Å². The highest BCUT2D eigenvalue weighted by Gasteiger charge is 2.34. The van der Waals surface area contributed by atoms with Gasteiger partial charge in [0, 0.05) is 12.6 Å². The van der Waals surface area contributed by atoms with Gasteiger partial charge in [-0.2, -0.15) is 0 Å². The number of nitrogens with one attached hydrogen (secondary N) is 1. The summed E-state index contributed by atoms with van der Waals surface area (Å²) in [6.07, 6.45) is 1.04. The number of halogens is 2. The summed E-state index contributed by atoms with van der Waals surface area (Å²) in [6, 6.07) is 17.5. The molecule has 3 rings (SSSR count). The molecule has 0 aromatic heterocycles. The summed E-state index contributed by atoms with van der Waals surface area (Å²) in [5.74, 6) is -0.831. The summed E-state index contributed by atoms with van der Waals surface area (Å²) in [4.78, 5) is 29.1. The normalized spacial score (nSPS) is 12.9. The molecular weight excluding hydrogens is 581 g/mol. The van der Waals surface area contributed by atoms with Gasteiger partial charge in [-0.1, -0.05) is 73.4 Å². The van der Waals surface area contributed by atoms with Crippen LogP contribution in [0.1, 0.15) is 50.3 Å². The van der Waals surface area contributed by atoms with E-state index in [-0.39, 0.29) is 23.4 Å². The van der Waals surface area contributed by atoms with Crippen molar-refractivity contribution < 1.29 is 18.0 Å². The molecule has 41 heavy (non-hydrogen) atoms. The second kappa shape index (κ2) is 14.2. The van der Waals surface area contributed by atoms with E-state index >= 15 is 0 Å². The van der Waals surface area contributed by atoms with Gasteiger partial charge >= 0.3 is 0 Å². The molecule has 10 heteroatoms. The first kappa shape index (κ1) is 32.4. The molecule has 0 aliphatic rings. The van der Waals surface area contributed by atoms with E-state index in [0.717, 1.165) is 16.3 Å². The number of aryl methyl sites for hydroxylation is 2. The zero-order valence-corrected chi connectivity index (χ0v) is 26.4. The Hall–Kier alpha value is -3.07. The Balaban J connectivity index is 2.10. The van der Waals surface area contributed by atoms with Crippen LogP contribution < -0.4 is 9.62 Å². The van der Waals surface area contributed by atoms with Crippen LogP contribution in [0.15, 0.2) is 71.6 Å². The SMILES string of the molecule is CC[C@@H](C)NC(=O)[C@@H](CC)N(Cc1ccc(Cl)c(Cl)c1)C(=O)CN(c1cc(C)ccc1C)S(=O)(=O)c1ccccc1. The summed E-state index contributed by atoms with van der Waals surface area (Å²) in [7, 11) is -4.14. The number of benzene rings is 3. The first-order chi connectivity index (χ1) is 19.4. The van der Waals surface area contributed by atoms with Crippen LogP contribution in [-0.4, -0.2) is 43.8 Å². The number of hydrogen-bond donors (Lipinski definition) is 1. The van der Waals surface area contributed by atoms with Crippen LogP contribution in [-0.2, 0) is 26.2 Å². The van der Waals surface area contributed by atoms with E-state index in [9.17, 15) is 18.0 Å². The molecule has 2 atom stereocenters. The van der Waals surface area contributed by atoms with Crippen molar-refractivity contribution in [3.8, 4) is 0 Å². The lowest BCUT2D eigenvalue weighted by molar-refractivity contribution is -0.140. The molecular formula is C31H37Cl2N3O4S. The Morgan fingerprint density at radius 2 is 1.59 bits per heavy atom. The van der Waals surface area contributed by atoms with E-state index in [1.165, 1.54) is 17.0 Å². The Morgan fingerprint density at radius 3 is 2.20 bits per heavy atom. The predicted molar refractivity (Wildman–Crippen MR) is 166 cm³/mol. The fraction of sp³-hybridized carbons (Fsp3) is 0.355. The largest absolute Gasteiger partial charge is 0.352 e. The molecule has 0 saturated carbocycles. The highest BCUT2D eigenvalue weighted by atomic mass is 35.5. The summed E-state index contributed by atoms with van der Waals surface area (Å²) >= 11 is 12.4. The first-order valence-electron chi connectivity index (χ1n) is 13.6. The van der Waals surface area contributed by atoms with E-state index < -0.39 is 28.5 Å². The van der Waals surface area contributed by atoms with Crippen molar-refractivity contribution >= 4 is 50.7 Å². The summed E-state index contributed by atoms with van der Waals surface area (Å²) in [5.41, 5.74) is 2.60. The van der Waals surface area contributed by atoms with Crippen molar-refractivity contribution in [2.75, 3.05) is 10.8 Å². The number of anilines is 1. The monoisotopic (exact) mass is 617 g/mol. The summed E-state index contributed by atoms with van der Waals surface area (Å²) < 4.78 is 29.1. The number of carbonyl (C=O) groups is 2. The molecule has 1 N–H and O–H groups in total. The molecule has 0 fully saturated rings. The third-order valence-electron chi connectivity index (χ3n) is 6.97. The molecule has 0 unspecified atom stereocenters. The Kier molecular flexibility index (Phi) is 11.2. The minimum absolute atomic E-state index is 0.0359. The maximum atomic E-state index is 14.2. The van der Waals surface area contributed by atoms with Gasteiger partial charge in [-0.15, -0.1) is 0 Å². The Morgan fingerprint density at radius 1 is 0.902 bits per heavy atom. The maximum Gasteiger partial charge on any atom is 0.264 e. The minimum Gasteiger partial charge on any atom is -0.352 e. The van der Waals surface area contributed by atoms with Gasteiger partial charge in [0.15, 0.2) is 0 Å². The molecule has 220 valence electrons. The number of hydrogen-bond acceptors (Lipinski definition) is 4. The lowest BCUT2D eigenvalue weighted by Gasteiger charge is -2.34. The zero-order valence-electron chi connectivity index (χ0n) is 24.0. The molecule has 2 amide bonds. The molecule has 7 nitrogen and oxygen atoms in total. The standard InChI is InChI=1S/C31H37Cl2N3O4S/c1-6-23(5)34-31(38)28(7-2)35(19-24-15-16-26(32)27(33)18-24)30(37)20-36(29-17-21(3)13-14-22(29)4)41(39,40)25-11-9-8-10-12-25/h8-18,23,28H,6-7,19-20H2,1-5H3,(H,34,38)/t23-,28-/m1/s1.